The highest BCUT2D eigenvalue weighted by molar-refractivity contribution is 5.86. The molecule has 8 aromatic rings. The number of rotatable bonds is 16. The van der Waals surface area contributed by atoms with Crippen LogP contribution in [0.1, 0.15) is 135 Å². The lowest BCUT2D eigenvalue weighted by Gasteiger charge is -2.38. The number of halogens is 2. The highest BCUT2D eigenvalue weighted by Gasteiger charge is 2.45. The molecule has 78 heavy (non-hydrogen) atoms. The molecule has 2 aliphatic carbocycles. The Bertz CT molecular complexity index is 3100. The first-order chi connectivity index (χ1) is 37.5. The van der Waals surface area contributed by atoms with Crippen molar-refractivity contribution in [2.75, 3.05) is 24.9 Å². The van der Waals surface area contributed by atoms with E-state index in [0.29, 0.717) is 60.6 Å². The number of carbonyl (C=O) groups excluding carboxylic acids is 2. The molecule has 0 bridgehead atoms. The second kappa shape index (κ2) is 23.5. The first-order valence-electron chi connectivity index (χ1n) is 25.8. The number of ether oxygens (including phenoxy) is 2. The molecule has 8 heterocycles. The Morgan fingerprint density at radius 1 is 0.590 bits per heavy atom. The van der Waals surface area contributed by atoms with Gasteiger partial charge in [0, 0.05) is 85.5 Å². The summed E-state index contributed by atoms with van der Waals surface area (Å²) < 4.78 is 40.9. The summed E-state index contributed by atoms with van der Waals surface area (Å²) in [5.74, 6) is 4.32. The molecule has 0 aliphatic heterocycles. The van der Waals surface area contributed by atoms with Gasteiger partial charge >= 0.3 is 0 Å². The zero-order valence-corrected chi connectivity index (χ0v) is 44.8. The minimum atomic E-state index is -0.928. The molecule has 6 N–H and O–H groups in total. The van der Waals surface area contributed by atoms with Crippen molar-refractivity contribution in [1.82, 2.24) is 80.5 Å². The minimum absolute atomic E-state index is 0.115. The van der Waals surface area contributed by atoms with E-state index in [4.69, 9.17) is 19.4 Å². The van der Waals surface area contributed by atoms with Crippen LogP contribution in [0.5, 0.6) is 0 Å². The summed E-state index contributed by atoms with van der Waals surface area (Å²) in [6.45, 7) is 11.6. The minimum Gasteiger partial charge on any atom is -0.368 e. The molecule has 408 valence electrons. The topological polar surface area (TPSA) is 271 Å². The van der Waals surface area contributed by atoms with Crippen LogP contribution in [-0.4, -0.2) is 107 Å². The Balaban J connectivity index is 0.000000190. The maximum Gasteiger partial charge on any atom is 0.252 e. The van der Waals surface area contributed by atoms with Crippen LogP contribution < -0.4 is 21.3 Å². The van der Waals surface area contributed by atoms with E-state index < -0.39 is 22.8 Å². The summed E-state index contributed by atoms with van der Waals surface area (Å²) in [5, 5.41) is 34.7. The number of anilines is 4. The smallest absolute Gasteiger partial charge is 0.252 e. The lowest BCUT2D eigenvalue weighted by molar-refractivity contribution is -0.149. The molecule has 2 saturated carbocycles. The van der Waals surface area contributed by atoms with Crippen molar-refractivity contribution in [2.45, 2.75) is 128 Å². The Hall–Kier alpha value is -8.38. The highest BCUT2D eigenvalue weighted by atomic mass is 19.1. The second-order valence-electron chi connectivity index (χ2n) is 20.1. The fourth-order valence-corrected chi connectivity index (χ4v) is 9.89. The van der Waals surface area contributed by atoms with Gasteiger partial charge in [0.15, 0.2) is 34.9 Å². The van der Waals surface area contributed by atoms with Crippen LogP contribution in [-0.2, 0) is 19.1 Å². The van der Waals surface area contributed by atoms with Crippen LogP contribution in [0.25, 0.3) is 11.6 Å². The van der Waals surface area contributed by atoms with Gasteiger partial charge in [-0.3, -0.25) is 19.8 Å². The number of aryl methyl sites for hydroxylation is 4. The van der Waals surface area contributed by atoms with Gasteiger partial charge in [-0.15, -0.1) is 0 Å². The standard InChI is InChI=1S/2C27H32FN9O2/c2*1-16-11-22(33-23-12-17(2)35-36-23)34-25(31-16)19-7-9-27(39-4,10-8-19)26(38)32-18(3)20-5-6-24(29-13-20)37-15-21(28)14-30-37/h2*5-6,11-15,18-19H,7-10H2,1-4H3,(H,32,38)(H2,31,33,34,35,36)/t2*18-,19?,27?/m00/s1. The first-order valence-corrected chi connectivity index (χ1v) is 25.8. The number of aromatic amines is 2. The monoisotopic (exact) mass is 1070 g/mol. The molecule has 2 atom stereocenters. The summed E-state index contributed by atoms with van der Waals surface area (Å²) in [6.07, 6.45) is 13.1. The van der Waals surface area contributed by atoms with Gasteiger partial charge in [0.1, 0.15) is 34.5 Å². The van der Waals surface area contributed by atoms with Crippen LogP contribution in [0, 0.1) is 39.3 Å². The average molecular weight is 1070 g/mol. The van der Waals surface area contributed by atoms with Gasteiger partial charge in [-0.2, -0.15) is 20.4 Å². The third-order valence-electron chi connectivity index (χ3n) is 14.4. The zero-order chi connectivity index (χ0) is 55.1. The van der Waals surface area contributed by atoms with E-state index in [1.807, 2.05) is 77.9 Å². The SMILES string of the molecule is COC1(C(=O)N[C@@H](C)c2ccc(-n3cc(F)cn3)nc2)CCC(c2nc(C)cc(Nc3cc(C)[nH]n3)n2)CC1.COC1(C(=O)N[C@@H](C)c2ccc(-n3cc(F)cn3)nc2)CCC(c2nc(C)cc(Nc3cc(C)[nH]n3)n2)CC1. The zero-order valence-electron chi connectivity index (χ0n) is 44.8. The first kappa shape index (κ1) is 54.4. The van der Waals surface area contributed by atoms with Crippen molar-refractivity contribution in [1.29, 1.82) is 0 Å². The van der Waals surface area contributed by atoms with E-state index in [9.17, 15) is 18.4 Å². The molecular weight excluding hydrogens is 1000 g/mol. The van der Waals surface area contributed by atoms with Gasteiger partial charge in [0.2, 0.25) is 0 Å². The van der Waals surface area contributed by atoms with Crippen LogP contribution in [0.15, 0.2) is 85.7 Å². The number of carbonyl (C=O) groups is 2. The third-order valence-corrected chi connectivity index (χ3v) is 14.4. The Labute approximate surface area is 449 Å². The van der Waals surface area contributed by atoms with Crippen molar-refractivity contribution in [3.63, 3.8) is 0 Å². The van der Waals surface area contributed by atoms with Gasteiger partial charge in [-0.05, 0) is 116 Å². The molecule has 0 spiro atoms. The van der Waals surface area contributed by atoms with E-state index >= 15 is 0 Å². The van der Waals surface area contributed by atoms with Crippen LogP contribution in [0.3, 0.4) is 0 Å². The summed E-state index contributed by atoms with van der Waals surface area (Å²) in [7, 11) is 3.17. The number of pyridine rings is 2. The van der Waals surface area contributed by atoms with Crippen molar-refractivity contribution in [3.05, 3.63) is 143 Å². The summed E-state index contributed by atoms with van der Waals surface area (Å²) in [4.78, 5) is 54.4. The number of aromatic nitrogens is 14. The lowest BCUT2D eigenvalue weighted by atomic mass is 9.77. The van der Waals surface area contributed by atoms with Gasteiger partial charge in [0.25, 0.3) is 11.8 Å². The fourth-order valence-electron chi connectivity index (χ4n) is 9.89. The Morgan fingerprint density at radius 3 is 1.29 bits per heavy atom. The number of nitrogens with zero attached hydrogens (tertiary/aromatic N) is 12. The predicted octanol–water partition coefficient (Wildman–Crippen LogP) is 8.40. The number of methoxy groups -OCH3 is 2. The van der Waals surface area contributed by atoms with Crippen LogP contribution in [0.2, 0.25) is 0 Å². The Kier molecular flexibility index (Phi) is 16.4. The molecule has 10 rings (SSSR count). The molecule has 8 aromatic heterocycles. The predicted molar refractivity (Wildman–Crippen MR) is 284 cm³/mol. The molecule has 0 aromatic carbocycles. The second-order valence-corrected chi connectivity index (χ2v) is 20.1. The molecule has 22 nitrogen and oxygen atoms in total. The number of hydrogen-bond acceptors (Lipinski definition) is 16. The maximum atomic E-state index is 13.4. The summed E-state index contributed by atoms with van der Waals surface area (Å²) >= 11 is 0. The maximum absolute atomic E-state index is 13.4. The van der Waals surface area contributed by atoms with Gasteiger partial charge in [-0.25, -0.2) is 48.0 Å². The number of H-pyrrole nitrogens is 2. The fraction of sp³-hybridized carbons (Fsp3) is 0.407. The van der Waals surface area contributed by atoms with E-state index in [0.717, 1.165) is 83.6 Å². The number of hydrogen-bond donors (Lipinski definition) is 6. The van der Waals surface area contributed by atoms with Crippen molar-refractivity contribution >= 4 is 35.1 Å². The van der Waals surface area contributed by atoms with E-state index in [-0.39, 0.29) is 35.7 Å². The molecule has 2 aliphatic rings. The molecular formula is C54H64F2N18O4. The van der Waals surface area contributed by atoms with E-state index in [1.165, 1.54) is 21.8 Å². The average Bonchev–Trinajstić information content (AvgIpc) is 4.28. The van der Waals surface area contributed by atoms with Gasteiger partial charge in [-0.1, -0.05) is 12.1 Å². The number of amides is 2. The van der Waals surface area contributed by atoms with Crippen LogP contribution >= 0.6 is 0 Å². The van der Waals surface area contributed by atoms with Crippen molar-refractivity contribution in [3.8, 4) is 11.6 Å². The lowest BCUT2D eigenvalue weighted by Crippen LogP contribution is -2.50. The molecule has 0 saturated heterocycles. The van der Waals surface area contributed by atoms with Crippen molar-refractivity contribution < 1.29 is 27.8 Å². The summed E-state index contributed by atoms with van der Waals surface area (Å²) in [5.41, 5.74) is 3.42. The summed E-state index contributed by atoms with van der Waals surface area (Å²) in [6, 6.07) is 14.2. The van der Waals surface area contributed by atoms with Crippen molar-refractivity contribution in [2.24, 2.45) is 0 Å². The van der Waals surface area contributed by atoms with E-state index in [2.05, 4.69) is 71.8 Å². The van der Waals surface area contributed by atoms with Gasteiger partial charge < -0.3 is 30.7 Å². The molecule has 2 fully saturated rings. The third kappa shape index (κ3) is 12.7. The molecule has 24 heteroatoms. The molecule has 2 amide bonds. The molecule has 0 unspecified atom stereocenters. The quantitative estimate of drug-likeness (QED) is 0.0530. The largest absolute Gasteiger partial charge is 0.368 e. The van der Waals surface area contributed by atoms with Gasteiger partial charge in [0.05, 0.1) is 36.9 Å². The number of nitrogens with one attached hydrogen (secondary N) is 6. The normalized spacial score (nSPS) is 20.0. The van der Waals surface area contributed by atoms with Crippen LogP contribution in [0.4, 0.5) is 32.1 Å². The van der Waals surface area contributed by atoms with E-state index in [1.54, 1.807) is 38.7 Å². The molecule has 0 radical (unpaired) electrons. The Morgan fingerprint density at radius 2 is 0.987 bits per heavy atom. The highest BCUT2D eigenvalue weighted by Crippen LogP contribution is 2.41.